The van der Waals surface area contributed by atoms with Crippen LogP contribution in [0.3, 0.4) is 0 Å². The standard InChI is InChI=1S/C5H10O4.C3H8O3/c1-4(7)9-3-5(8)2-6;4-1-3(6)2-5/h5-6,8H,2-3H2,1H3;3-6H,1-2H2. The second kappa shape index (κ2) is 11.3. The van der Waals surface area contributed by atoms with Gasteiger partial charge in [0.25, 0.3) is 0 Å². The summed E-state index contributed by atoms with van der Waals surface area (Å²) in [5, 5.41) is 40.8. The molecular formula is C8H18O7. The molecule has 7 heteroatoms. The van der Waals surface area contributed by atoms with Crippen molar-refractivity contribution in [2.45, 2.75) is 19.1 Å². The van der Waals surface area contributed by atoms with E-state index < -0.39 is 18.2 Å². The lowest BCUT2D eigenvalue weighted by molar-refractivity contribution is -0.144. The fourth-order valence-corrected chi connectivity index (χ4v) is 0.324. The van der Waals surface area contributed by atoms with E-state index in [1.807, 2.05) is 0 Å². The minimum Gasteiger partial charge on any atom is -0.463 e. The number of aliphatic hydroxyl groups excluding tert-OH is 5. The molecule has 5 N–H and O–H groups in total. The summed E-state index contributed by atoms with van der Waals surface area (Å²) in [4.78, 5) is 10.0. The number of hydrogen-bond acceptors (Lipinski definition) is 7. The number of ether oxygens (including phenoxy) is 1. The fourth-order valence-electron chi connectivity index (χ4n) is 0.324. The van der Waals surface area contributed by atoms with E-state index in [0.717, 1.165) is 0 Å². The SMILES string of the molecule is CC(=O)OCC(O)CO.OCC(O)CO. The number of esters is 1. The predicted molar refractivity (Wildman–Crippen MR) is 49.9 cm³/mol. The van der Waals surface area contributed by atoms with Crippen LogP contribution in [0, 0.1) is 0 Å². The lowest BCUT2D eigenvalue weighted by atomic mass is 10.4. The maximum atomic E-state index is 10.0. The largest absolute Gasteiger partial charge is 0.463 e. The Morgan fingerprint density at radius 1 is 1.07 bits per heavy atom. The molecule has 1 unspecified atom stereocenters. The molecule has 0 aromatic carbocycles. The van der Waals surface area contributed by atoms with Gasteiger partial charge < -0.3 is 30.3 Å². The number of carbonyl (C=O) groups excluding carboxylic acids is 1. The molecule has 0 saturated carbocycles. The molecule has 0 aliphatic rings. The summed E-state index contributed by atoms with van der Waals surface area (Å²) in [6, 6.07) is 0. The molecule has 0 aromatic heterocycles. The topological polar surface area (TPSA) is 127 Å². The Labute approximate surface area is 87.5 Å². The van der Waals surface area contributed by atoms with Crippen molar-refractivity contribution in [3.05, 3.63) is 0 Å². The molecule has 7 nitrogen and oxygen atoms in total. The number of hydrogen-bond donors (Lipinski definition) is 5. The summed E-state index contributed by atoms with van der Waals surface area (Å²) in [6.07, 6.45) is -1.90. The molecule has 0 bridgehead atoms. The molecule has 0 saturated heterocycles. The first-order valence-corrected chi connectivity index (χ1v) is 4.29. The quantitative estimate of drug-likeness (QED) is 0.321. The van der Waals surface area contributed by atoms with Crippen LogP contribution in [0.15, 0.2) is 0 Å². The van der Waals surface area contributed by atoms with Gasteiger partial charge in [0.15, 0.2) is 0 Å². The highest BCUT2D eigenvalue weighted by Gasteiger charge is 2.02. The van der Waals surface area contributed by atoms with Crippen molar-refractivity contribution >= 4 is 5.97 Å². The highest BCUT2D eigenvalue weighted by molar-refractivity contribution is 5.65. The van der Waals surface area contributed by atoms with E-state index in [9.17, 15) is 4.79 Å². The van der Waals surface area contributed by atoms with E-state index in [1.54, 1.807) is 0 Å². The van der Waals surface area contributed by atoms with E-state index in [2.05, 4.69) is 4.74 Å². The first-order chi connectivity index (χ1) is 6.97. The van der Waals surface area contributed by atoms with Crippen LogP contribution in [0.5, 0.6) is 0 Å². The van der Waals surface area contributed by atoms with E-state index in [1.165, 1.54) is 6.92 Å². The second-order valence-electron chi connectivity index (χ2n) is 2.66. The molecule has 0 spiro atoms. The van der Waals surface area contributed by atoms with Crippen molar-refractivity contribution < 1.29 is 35.1 Å². The van der Waals surface area contributed by atoms with Crippen LogP contribution in [-0.4, -0.2) is 70.1 Å². The molecule has 15 heavy (non-hydrogen) atoms. The summed E-state index contributed by atoms with van der Waals surface area (Å²) in [5.41, 5.74) is 0. The van der Waals surface area contributed by atoms with E-state index in [-0.39, 0.29) is 26.4 Å². The molecule has 0 amide bonds. The summed E-state index contributed by atoms with van der Waals surface area (Å²) < 4.78 is 4.35. The smallest absolute Gasteiger partial charge is 0.302 e. The van der Waals surface area contributed by atoms with Crippen LogP contribution in [0.2, 0.25) is 0 Å². The molecule has 92 valence electrons. The van der Waals surface area contributed by atoms with Crippen molar-refractivity contribution in [2.24, 2.45) is 0 Å². The third kappa shape index (κ3) is 16.0. The normalized spacial score (nSPS) is 11.7. The van der Waals surface area contributed by atoms with Crippen molar-refractivity contribution in [1.82, 2.24) is 0 Å². The molecule has 0 aliphatic heterocycles. The first kappa shape index (κ1) is 16.7. The zero-order valence-corrected chi connectivity index (χ0v) is 8.54. The average molecular weight is 226 g/mol. The Morgan fingerprint density at radius 3 is 1.67 bits per heavy atom. The maximum absolute atomic E-state index is 10.0. The van der Waals surface area contributed by atoms with Gasteiger partial charge in [-0.1, -0.05) is 0 Å². The minimum absolute atomic E-state index is 0.133. The molecule has 0 fully saturated rings. The lowest BCUT2D eigenvalue weighted by Gasteiger charge is -2.05. The first-order valence-electron chi connectivity index (χ1n) is 4.29. The third-order valence-electron chi connectivity index (χ3n) is 1.11. The zero-order valence-electron chi connectivity index (χ0n) is 8.54. The maximum Gasteiger partial charge on any atom is 0.302 e. The zero-order chi connectivity index (χ0) is 12.3. The molecule has 0 aliphatic carbocycles. The van der Waals surface area contributed by atoms with Gasteiger partial charge in [0.1, 0.15) is 18.8 Å². The third-order valence-corrected chi connectivity index (χ3v) is 1.11. The van der Waals surface area contributed by atoms with E-state index in [4.69, 9.17) is 25.5 Å². The fraction of sp³-hybridized carbons (Fsp3) is 0.875. The van der Waals surface area contributed by atoms with Gasteiger partial charge in [-0.05, 0) is 0 Å². The van der Waals surface area contributed by atoms with E-state index in [0.29, 0.717) is 0 Å². The monoisotopic (exact) mass is 226 g/mol. The van der Waals surface area contributed by atoms with Crippen LogP contribution in [0.1, 0.15) is 6.92 Å². The van der Waals surface area contributed by atoms with Crippen LogP contribution in [0.25, 0.3) is 0 Å². The number of carbonyl (C=O) groups is 1. The Bertz CT molecular complexity index is 146. The minimum atomic E-state index is -0.954. The number of aliphatic hydroxyl groups is 5. The Balaban J connectivity index is 0. The summed E-state index contributed by atoms with van der Waals surface area (Å²) >= 11 is 0. The van der Waals surface area contributed by atoms with Crippen molar-refractivity contribution in [3.63, 3.8) is 0 Å². The molecule has 0 heterocycles. The summed E-state index contributed by atoms with van der Waals surface area (Å²) in [7, 11) is 0. The van der Waals surface area contributed by atoms with E-state index >= 15 is 0 Å². The highest BCUT2D eigenvalue weighted by Crippen LogP contribution is 1.83. The molecular weight excluding hydrogens is 208 g/mol. The van der Waals surface area contributed by atoms with Gasteiger partial charge >= 0.3 is 5.97 Å². The van der Waals surface area contributed by atoms with Gasteiger partial charge in [-0.3, -0.25) is 4.79 Å². The van der Waals surface area contributed by atoms with Gasteiger partial charge in [-0.15, -0.1) is 0 Å². The molecule has 0 rings (SSSR count). The van der Waals surface area contributed by atoms with Crippen LogP contribution in [-0.2, 0) is 9.53 Å². The summed E-state index contributed by atoms with van der Waals surface area (Å²) in [6.45, 7) is -0.00376. The molecule has 1 atom stereocenters. The Morgan fingerprint density at radius 2 is 1.47 bits per heavy atom. The van der Waals surface area contributed by atoms with Gasteiger partial charge in [0.05, 0.1) is 19.8 Å². The van der Waals surface area contributed by atoms with Crippen LogP contribution >= 0.6 is 0 Å². The second-order valence-corrected chi connectivity index (χ2v) is 2.66. The van der Waals surface area contributed by atoms with Crippen LogP contribution in [0.4, 0.5) is 0 Å². The van der Waals surface area contributed by atoms with Crippen molar-refractivity contribution in [3.8, 4) is 0 Å². The predicted octanol–water partition coefficient (Wildman–Crippen LogP) is -2.77. The molecule has 0 radical (unpaired) electrons. The van der Waals surface area contributed by atoms with Crippen molar-refractivity contribution in [1.29, 1.82) is 0 Å². The van der Waals surface area contributed by atoms with Gasteiger partial charge in [-0.2, -0.15) is 0 Å². The van der Waals surface area contributed by atoms with Gasteiger partial charge in [-0.25, -0.2) is 0 Å². The van der Waals surface area contributed by atoms with Gasteiger partial charge in [0, 0.05) is 6.92 Å². The molecule has 0 aromatic rings. The Kier molecular flexibility index (Phi) is 12.6. The van der Waals surface area contributed by atoms with Gasteiger partial charge in [0.2, 0.25) is 0 Å². The lowest BCUT2D eigenvalue weighted by Crippen LogP contribution is -2.20. The highest BCUT2D eigenvalue weighted by atomic mass is 16.5. The average Bonchev–Trinajstić information content (AvgIpc) is 2.25. The Hall–Kier alpha value is -0.730. The van der Waals surface area contributed by atoms with Crippen molar-refractivity contribution in [2.75, 3.05) is 26.4 Å². The van der Waals surface area contributed by atoms with Crippen LogP contribution < -0.4 is 0 Å². The number of rotatable bonds is 5. The summed E-state index contributed by atoms with van der Waals surface area (Å²) in [5.74, 6) is -0.456.